The fourth-order valence-electron chi connectivity index (χ4n) is 1.76. The van der Waals surface area contributed by atoms with E-state index in [9.17, 15) is 9.59 Å². The largest absolute Gasteiger partial charge is 0.479 e. The number of methoxy groups -OCH3 is 1. The Morgan fingerprint density at radius 3 is 2.72 bits per heavy atom. The van der Waals surface area contributed by atoms with E-state index in [0.29, 0.717) is 6.61 Å². The van der Waals surface area contributed by atoms with E-state index in [1.54, 1.807) is 0 Å². The molecule has 1 aliphatic heterocycles. The minimum absolute atomic E-state index is 0.0686. The molecule has 7 heteroatoms. The van der Waals surface area contributed by atoms with Crippen molar-refractivity contribution < 1.29 is 24.2 Å². The first-order chi connectivity index (χ1) is 8.39. The highest BCUT2D eigenvalue weighted by Gasteiger charge is 2.38. The van der Waals surface area contributed by atoms with Crippen LogP contribution in [-0.2, 0) is 14.3 Å². The van der Waals surface area contributed by atoms with Crippen LogP contribution in [0, 0.1) is 0 Å². The first-order valence-electron chi connectivity index (χ1n) is 5.82. The molecular weight excluding hydrogens is 240 g/mol. The number of rotatable bonds is 5. The molecule has 3 unspecified atom stereocenters. The first kappa shape index (κ1) is 14.7. The van der Waals surface area contributed by atoms with Gasteiger partial charge in [-0.1, -0.05) is 0 Å². The molecule has 1 heterocycles. The van der Waals surface area contributed by atoms with Gasteiger partial charge in [0.2, 0.25) is 0 Å². The van der Waals surface area contributed by atoms with Gasteiger partial charge in [-0.2, -0.15) is 0 Å². The number of ether oxygens (including phenoxy) is 2. The molecule has 0 aromatic rings. The molecule has 18 heavy (non-hydrogen) atoms. The lowest BCUT2D eigenvalue weighted by Gasteiger charge is -2.29. The molecule has 0 aromatic heterocycles. The van der Waals surface area contributed by atoms with Crippen molar-refractivity contribution in [3.8, 4) is 0 Å². The van der Waals surface area contributed by atoms with Gasteiger partial charge >= 0.3 is 12.0 Å². The van der Waals surface area contributed by atoms with Crippen LogP contribution in [0.25, 0.3) is 0 Å². The fraction of sp³-hybridized carbons (Fsp3) is 0.818. The summed E-state index contributed by atoms with van der Waals surface area (Å²) in [6.07, 6.45) is -0.379. The number of carbonyl (C=O) groups excluding carboxylic acids is 1. The molecule has 1 fully saturated rings. The third kappa shape index (κ3) is 3.58. The standard InChI is InChI=1S/C11H20N2O5/c1-7-11(2,4-5-18-7)13-10(16)12-6-8(17-3)9(14)15/h7-8H,4-6H2,1-3H3,(H,14,15)(H2,12,13,16). The Labute approximate surface area is 106 Å². The summed E-state index contributed by atoms with van der Waals surface area (Å²) in [5, 5.41) is 14.0. The van der Waals surface area contributed by atoms with Gasteiger partial charge in [-0.15, -0.1) is 0 Å². The van der Waals surface area contributed by atoms with E-state index >= 15 is 0 Å². The van der Waals surface area contributed by atoms with Gasteiger partial charge in [0.15, 0.2) is 6.10 Å². The zero-order chi connectivity index (χ0) is 13.8. The fourth-order valence-corrected chi connectivity index (χ4v) is 1.76. The van der Waals surface area contributed by atoms with Gasteiger partial charge in [0, 0.05) is 13.7 Å². The van der Waals surface area contributed by atoms with Crippen LogP contribution in [0.4, 0.5) is 4.79 Å². The van der Waals surface area contributed by atoms with Crippen LogP contribution in [0.5, 0.6) is 0 Å². The van der Waals surface area contributed by atoms with Crippen LogP contribution in [0.1, 0.15) is 20.3 Å². The molecule has 1 aliphatic rings. The van der Waals surface area contributed by atoms with Crippen LogP contribution in [0.3, 0.4) is 0 Å². The molecule has 1 saturated heterocycles. The third-order valence-electron chi connectivity index (χ3n) is 3.29. The van der Waals surface area contributed by atoms with Crippen molar-refractivity contribution in [1.82, 2.24) is 10.6 Å². The summed E-state index contributed by atoms with van der Waals surface area (Å²) < 4.78 is 10.1. The topological polar surface area (TPSA) is 96.9 Å². The highest BCUT2D eigenvalue weighted by Crippen LogP contribution is 2.24. The number of urea groups is 1. The maximum Gasteiger partial charge on any atom is 0.334 e. The predicted octanol–water partition coefficient (Wildman–Crippen LogP) is -0.0473. The van der Waals surface area contributed by atoms with E-state index in [1.807, 2.05) is 13.8 Å². The molecule has 3 atom stereocenters. The van der Waals surface area contributed by atoms with Gasteiger partial charge in [0.25, 0.3) is 0 Å². The van der Waals surface area contributed by atoms with Crippen molar-refractivity contribution in [2.45, 2.75) is 38.0 Å². The van der Waals surface area contributed by atoms with Crippen LogP contribution >= 0.6 is 0 Å². The Morgan fingerprint density at radius 1 is 1.61 bits per heavy atom. The second-order valence-corrected chi connectivity index (χ2v) is 4.58. The van der Waals surface area contributed by atoms with Crippen molar-refractivity contribution in [3.05, 3.63) is 0 Å². The number of carboxylic acid groups (broad SMARTS) is 1. The normalized spacial score (nSPS) is 28.7. The molecule has 1 rings (SSSR count). The zero-order valence-corrected chi connectivity index (χ0v) is 10.9. The lowest BCUT2D eigenvalue weighted by molar-refractivity contribution is -0.147. The van der Waals surface area contributed by atoms with Gasteiger partial charge < -0.3 is 25.2 Å². The van der Waals surface area contributed by atoms with Crippen LogP contribution < -0.4 is 10.6 Å². The van der Waals surface area contributed by atoms with Crippen LogP contribution in [-0.4, -0.2) is 55.1 Å². The molecule has 0 aliphatic carbocycles. The zero-order valence-electron chi connectivity index (χ0n) is 10.9. The highest BCUT2D eigenvalue weighted by molar-refractivity contribution is 5.77. The Morgan fingerprint density at radius 2 is 2.28 bits per heavy atom. The predicted molar refractivity (Wildman–Crippen MR) is 63.4 cm³/mol. The number of nitrogens with one attached hydrogen (secondary N) is 2. The molecule has 0 bridgehead atoms. The summed E-state index contributed by atoms with van der Waals surface area (Å²) in [5.41, 5.74) is -0.421. The Balaban J connectivity index is 2.40. The number of amides is 2. The van der Waals surface area contributed by atoms with Crippen molar-refractivity contribution in [3.63, 3.8) is 0 Å². The molecule has 0 radical (unpaired) electrons. The van der Waals surface area contributed by atoms with E-state index in [1.165, 1.54) is 7.11 Å². The quantitative estimate of drug-likeness (QED) is 0.644. The second-order valence-electron chi connectivity index (χ2n) is 4.58. The van der Waals surface area contributed by atoms with E-state index in [0.717, 1.165) is 6.42 Å². The molecule has 7 nitrogen and oxygen atoms in total. The second kappa shape index (κ2) is 6.01. The SMILES string of the molecule is COC(CNC(=O)NC1(C)CCOC1C)C(=O)O. The summed E-state index contributed by atoms with van der Waals surface area (Å²) in [7, 11) is 1.28. The van der Waals surface area contributed by atoms with E-state index in [4.69, 9.17) is 14.6 Å². The van der Waals surface area contributed by atoms with Gasteiger partial charge in [-0.3, -0.25) is 0 Å². The van der Waals surface area contributed by atoms with Gasteiger partial charge in [-0.25, -0.2) is 9.59 Å². The van der Waals surface area contributed by atoms with Crippen LogP contribution in [0.15, 0.2) is 0 Å². The summed E-state index contributed by atoms with van der Waals surface area (Å²) >= 11 is 0. The number of aliphatic carboxylic acids is 1. The minimum atomic E-state index is -1.11. The Bertz CT molecular complexity index is 323. The number of carboxylic acids is 1. The summed E-state index contributed by atoms with van der Waals surface area (Å²) in [6, 6.07) is -0.418. The van der Waals surface area contributed by atoms with Crippen LogP contribution in [0.2, 0.25) is 0 Å². The maximum atomic E-state index is 11.7. The van der Waals surface area contributed by atoms with Gasteiger partial charge in [0.1, 0.15) is 0 Å². The number of hydrogen-bond acceptors (Lipinski definition) is 4. The summed E-state index contributed by atoms with van der Waals surface area (Å²) in [5.74, 6) is -1.11. The molecule has 0 aromatic carbocycles. The summed E-state index contributed by atoms with van der Waals surface area (Å²) in [6.45, 7) is 4.31. The number of hydrogen-bond donors (Lipinski definition) is 3. The highest BCUT2D eigenvalue weighted by atomic mass is 16.5. The smallest absolute Gasteiger partial charge is 0.334 e. The maximum absolute atomic E-state index is 11.7. The molecule has 3 N–H and O–H groups in total. The Kier molecular flexibility index (Phi) is 4.92. The van der Waals surface area contributed by atoms with E-state index < -0.39 is 23.6 Å². The summed E-state index contributed by atoms with van der Waals surface area (Å²) in [4.78, 5) is 22.4. The molecule has 104 valence electrons. The van der Waals surface area contributed by atoms with Crippen molar-refractivity contribution in [1.29, 1.82) is 0 Å². The van der Waals surface area contributed by atoms with Crippen molar-refractivity contribution in [2.75, 3.05) is 20.3 Å². The average molecular weight is 260 g/mol. The number of carbonyl (C=O) groups is 2. The molecule has 0 saturated carbocycles. The lowest BCUT2D eigenvalue weighted by atomic mass is 9.95. The monoisotopic (exact) mass is 260 g/mol. The van der Waals surface area contributed by atoms with Crippen molar-refractivity contribution >= 4 is 12.0 Å². The molecule has 0 spiro atoms. The van der Waals surface area contributed by atoms with Gasteiger partial charge in [-0.05, 0) is 20.3 Å². The lowest BCUT2D eigenvalue weighted by Crippen LogP contribution is -2.55. The first-order valence-corrected chi connectivity index (χ1v) is 5.82. The van der Waals surface area contributed by atoms with E-state index in [-0.39, 0.29) is 12.6 Å². The Hall–Kier alpha value is -1.34. The van der Waals surface area contributed by atoms with Crippen molar-refractivity contribution in [2.24, 2.45) is 0 Å². The van der Waals surface area contributed by atoms with Gasteiger partial charge in [0.05, 0.1) is 18.2 Å². The molecular formula is C11H20N2O5. The minimum Gasteiger partial charge on any atom is -0.479 e. The molecule has 2 amide bonds. The average Bonchev–Trinajstić information content (AvgIpc) is 2.59. The van der Waals surface area contributed by atoms with E-state index in [2.05, 4.69) is 10.6 Å². The third-order valence-corrected chi connectivity index (χ3v) is 3.29.